The van der Waals surface area contributed by atoms with Crippen LogP contribution in [-0.4, -0.2) is 15.0 Å². The van der Waals surface area contributed by atoms with Gasteiger partial charge < -0.3 is 0 Å². The van der Waals surface area contributed by atoms with Crippen LogP contribution in [0.25, 0.3) is 11.2 Å². The highest BCUT2D eigenvalue weighted by molar-refractivity contribution is 9.10. The molecule has 0 aromatic carbocycles. The molecule has 0 saturated carbocycles. The minimum absolute atomic E-state index is 0.116. The predicted octanol–water partition coefficient (Wildman–Crippen LogP) is 3.75. The van der Waals surface area contributed by atoms with Gasteiger partial charge in [0.05, 0.1) is 4.47 Å². The molecule has 0 N–H and O–H groups in total. The number of hydrogen-bond donors (Lipinski definition) is 0. The highest BCUT2D eigenvalue weighted by Crippen LogP contribution is 2.26. The molecule has 0 aliphatic rings. The van der Waals surface area contributed by atoms with Gasteiger partial charge in [-0.05, 0) is 22.0 Å². The summed E-state index contributed by atoms with van der Waals surface area (Å²) in [7, 11) is 0. The first-order valence-electron chi connectivity index (χ1n) is 3.42. The van der Waals surface area contributed by atoms with Gasteiger partial charge in [-0.1, -0.05) is 34.8 Å². The van der Waals surface area contributed by atoms with Gasteiger partial charge in [0.25, 0.3) is 0 Å². The van der Waals surface area contributed by atoms with Crippen LogP contribution in [0.2, 0.25) is 15.5 Å². The third-order valence-corrected chi connectivity index (χ3v) is 3.23. The predicted molar refractivity (Wildman–Crippen MR) is 60.1 cm³/mol. The summed E-state index contributed by atoms with van der Waals surface area (Å²) in [6.07, 6.45) is 0. The van der Waals surface area contributed by atoms with Crippen LogP contribution >= 0.6 is 50.7 Å². The van der Waals surface area contributed by atoms with E-state index in [2.05, 4.69) is 30.9 Å². The first-order valence-corrected chi connectivity index (χ1v) is 5.35. The van der Waals surface area contributed by atoms with Gasteiger partial charge in [-0.25, -0.2) is 15.0 Å². The minimum atomic E-state index is 0.116. The van der Waals surface area contributed by atoms with Crippen molar-refractivity contribution in [1.82, 2.24) is 15.0 Å². The Balaban J connectivity index is 2.83. The summed E-state index contributed by atoms with van der Waals surface area (Å²) in [6, 6.07) is 1.68. The molecule has 3 nitrogen and oxygen atoms in total. The molecule has 0 fully saturated rings. The van der Waals surface area contributed by atoms with Crippen molar-refractivity contribution < 1.29 is 0 Å². The smallest absolute Gasteiger partial charge is 0.181 e. The van der Waals surface area contributed by atoms with Crippen LogP contribution in [0.3, 0.4) is 0 Å². The molecular formula is C7HBrCl3N3. The van der Waals surface area contributed by atoms with E-state index in [4.69, 9.17) is 34.8 Å². The first kappa shape index (κ1) is 10.4. The average Bonchev–Trinajstić information content (AvgIpc) is 2.11. The van der Waals surface area contributed by atoms with E-state index in [9.17, 15) is 0 Å². The van der Waals surface area contributed by atoms with Crippen molar-refractivity contribution in [2.75, 3.05) is 0 Å². The van der Waals surface area contributed by atoms with E-state index in [-0.39, 0.29) is 10.3 Å². The lowest BCUT2D eigenvalue weighted by Gasteiger charge is -2.00. The second-order valence-electron chi connectivity index (χ2n) is 2.41. The fraction of sp³-hybridized carbons (Fsp3) is 0. The van der Waals surface area contributed by atoms with Gasteiger partial charge in [-0.2, -0.15) is 0 Å². The van der Waals surface area contributed by atoms with E-state index in [0.717, 1.165) is 0 Å². The van der Waals surface area contributed by atoms with Gasteiger partial charge in [0.2, 0.25) is 0 Å². The maximum Gasteiger partial charge on any atom is 0.181 e. The molecule has 2 aromatic heterocycles. The van der Waals surface area contributed by atoms with Crippen molar-refractivity contribution in [3.63, 3.8) is 0 Å². The molecule has 0 unspecified atom stereocenters. The van der Waals surface area contributed by atoms with Crippen molar-refractivity contribution in [2.24, 2.45) is 0 Å². The summed E-state index contributed by atoms with van der Waals surface area (Å²) in [5.41, 5.74) is 0.906. The highest BCUT2D eigenvalue weighted by Gasteiger charge is 2.08. The molecule has 2 rings (SSSR count). The average molecular weight is 313 g/mol. The quantitative estimate of drug-likeness (QED) is 0.695. The SMILES string of the molecule is Clc1nc2nc(Cl)c(Cl)nc2cc1Br. The zero-order valence-corrected chi connectivity index (χ0v) is 10.3. The molecule has 14 heavy (non-hydrogen) atoms. The van der Waals surface area contributed by atoms with Crippen molar-refractivity contribution in [3.05, 3.63) is 26.0 Å². The summed E-state index contributed by atoms with van der Waals surface area (Å²) < 4.78 is 0.638. The Morgan fingerprint density at radius 2 is 1.50 bits per heavy atom. The number of fused-ring (bicyclic) bond motifs is 1. The van der Waals surface area contributed by atoms with Crippen molar-refractivity contribution in [1.29, 1.82) is 0 Å². The van der Waals surface area contributed by atoms with E-state index in [1.165, 1.54) is 0 Å². The summed E-state index contributed by atoms with van der Waals surface area (Å²) in [5, 5.41) is 0.574. The molecule has 0 aliphatic carbocycles. The Morgan fingerprint density at radius 3 is 2.21 bits per heavy atom. The summed E-state index contributed by atoms with van der Waals surface area (Å²) in [4.78, 5) is 11.9. The second-order valence-corrected chi connectivity index (χ2v) is 4.34. The van der Waals surface area contributed by atoms with Gasteiger partial charge in [0, 0.05) is 0 Å². The largest absolute Gasteiger partial charge is 0.229 e. The van der Waals surface area contributed by atoms with Crippen LogP contribution in [0.1, 0.15) is 0 Å². The number of pyridine rings is 1. The number of aromatic nitrogens is 3. The zero-order chi connectivity index (χ0) is 10.3. The van der Waals surface area contributed by atoms with Gasteiger partial charge in [0.1, 0.15) is 10.7 Å². The Morgan fingerprint density at radius 1 is 0.929 bits per heavy atom. The molecule has 0 spiro atoms. The molecule has 2 heterocycles. The van der Waals surface area contributed by atoms with Crippen molar-refractivity contribution in [3.8, 4) is 0 Å². The van der Waals surface area contributed by atoms with Crippen molar-refractivity contribution in [2.45, 2.75) is 0 Å². The molecular weight excluding hydrogens is 312 g/mol. The molecule has 72 valence electrons. The van der Waals surface area contributed by atoms with Crippen LogP contribution in [0, 0.1) is 0 Å². The number of nitrogens with zero attached hydrogens (tertiary/aromatic N) is 3. The topological polar surface area (TPSA) is 38.7 Å². The van der Waals surface area contributed by atoms with Crippen LogP contribution in [0.4, 0.5) is 0 Å². The maximum absolute atomic E-state index is 5.78. The van der Waals surface area contributed by atoms with Gasteiger partial charge >= 0.3 is 0 Å². The summed E-state index contributed by atoms with van der Waals surface area (Å²) in [6.45, 7) is 0. The third-order valence-electron chi connectivity index (χ3n) is 1.49. The lowest BCUT2D eigenvalue weighted by atomic mass is 10.4. The Bertz CT molecular complexity index is 428. The first-order chi connectivity index (χ1) is 6.58. The zero-order valence-electron chi connectivity index (χ0n) is 6.43. The summed E-state index contributed by atoms with van der Waals surface area (Å²) >= 11 is 20.4. The maximum atomic E-state index is 5.78. The van der Waals surface area contributed by atoms with E-state index in [0.29, 0.717) is 20.8 Å². The van der Waals surface area contributed by atoms with E-state index < -0.39 is 0 Å². The van der Waals surface area contributed by atoms with E-state index >= 15 is 0 Å². The van der Waals surface area contributed by atoms with Gasteiger partial charge in [0.15, 0.2) is 16.0 Å². The summed E-state index contributed by atoms with van der Waals surface area (Å²) in [5.74, 6) is 0. The molecule has 0 saturated heterocycles. The van der Waals surface area contributed by atoms with E-state index in [1.807, 2.05) is 0 Å². The lowest BCUT2D eigenvalue weighted by Crippen LogP contribution is -1.90. The van der Waals surface area contributed by atoms with Crippen LogP contribution < -0.4 is 0 Å². The normalized spacial score (nSPS) is 10.9. The number of hydrogen-bond acceptors (Lipinski definition) is 3. The van der Waals surface area contributed by atoms with Crippen LogP contribution in [0.15, 0.2) is 10.5 Å². The lowest BCUT2D eigenvalue weighted by molar-refractivity contribution is 1.22. The van der Waals surface area contributed by atoms with Gasteiger partial charge in [-0.15, -0.1) is 0 Å². The van der Waals surface area contributed by atoms with Gasteiger partial charge in [-0.3, -0.25) is 0 Å². The second kappa shape index (κ2) is 3.77. The van der Waals surface area contributed by atoms with Crippen LogP contribution in [0.5, 0.6) is 0 Å². The minimum Gasteiger partial charge on any atom is -0.229 e. The Kier molecular flexibility index (Phi) is 2.79. The molecule has 7 heteroatoms. The highest BCUT2D eigenvalue weighted by atomic mass is 79.9. The molecule has 2 aromatic rings. The monoisotopic (exact) mass is 311 g/mol. The van der Waals surface area contributed by atoms with Crippen molar-refractivity contribution >= 4 is 61.9 Å². The van der Waals surface area contributed by atoms with E-state index in [1.54, 1.807) is 6.07 Å². The number of rotatable bonds is 0. The Hall–Kier alpha value is -0.160. The molecule has 0 amide bonds. The molecule has 0 radical (unpaired) electrons. The standard InChI is InChI=1S/C7HBrCl3N3/c8-2-1-3-7(13-4(2)9)14-6(11)5(10)12-3/h1H. The molecule has 0 atom stereocenters. The molecule has 0 bridgehead atoms. The fourth-order valence-electron chi connectivity index (χ4n) is 0.903. The molecule has 0 aliphatic heterocycles. The Labute approximate surface area is 103 Å². The number of halogens is 4. The fourth-order valence-corrected chi connectivity index (χ4v) is 1.60. The third kappa shape index (κ3) is 1.80. The van der Waals surface area contributed by atoms with Crippen LogP contribution in [-0.2, 0) is 0 Å².